The molecule has 2 fully saturated rings. The lowest BCUT2D eigenvalue weighted by molar-refractivity contribution is -0.917. The molecule has 0 radical (unpaired) electrons. The van der Waals surface area contributed by atoms with Gasteiger partial charge < -0.3 is 19.3 Å². The zero-order valence-corrected chi connectivity index (χ0v) is 16.0. The number of rotatable bonds is 3. The smallest absolute Gasteiger partial charge is 0.231 e. The third-order valence-corrected chi connectivity index (χ3v) is 5.59. The number of allylic oxidation sites excluding steroid dienone is 1. The molecule has 1 saturated heterocycles. The largest absolute Gasteiger partial charge is 0.454 e. The first kappa shape index (κ1) is 18.0. The van der Waals surface area contributed by atoms with E-state index in [2.05, 4.69) is 17.0 Å². The van der Waals surface area contributed by atoms with Crippen LogP contribution in [0, 0.1) is 5.41 Å². The number of Topliss-reactive ketones (excluding diaryl/α,β-unsaturated/α-hetero) is 2. The van der Waals surface area contributed by atoms with Crippen LogP contribution in [0.2, 0.25) is 0 Å². The second-order valence-corrected chi connectivity index (χ2v) is 8.56. The van der Waals surface area contributed by atoms with Gasteiger partial charge in [-0.15, -0.1) is 0 Å². The molecule has 4 rings (SSSR count). The highest BCUT2D eigenvalue weighted by Crippen LogP contribution is 2.34. The van der Waals surface area contributed by atoms with Gasteiger partial charge in [-0.25, -0.2) is 0 Å². The van der Waals surface area contributed by atoms with Gasteiger partial charge in [0.25, 0.3) is 0 Å². The number of ketones is 2. The SMILES string of the molecule is CC1(C)CC(=O)C(=CN2CC[NH+](Cc3ccc4c(c3)OCO4)CC2)C(=O)C1. The molecule has 1 aromatic rings. The first-order valence-electron chi connectivity index (χ1n) is 9.64. The number of carbonyl (C=O) groups excluding carboxylic acids is 2. The summed E-state index contributed by atoms with van der Waals surface area (Å²) in [5.41, 5.74) is 1.42. The number of nitrogens with one attached hydrogen (secondary N) is 1. The van der Waals surface area contributed by atoms with Gasteiger partial charge in [0.05, 0.1) is 31.8 Å². The van der Waals surface area contributed by atoms with Gasteiger partial charge in [0, 0.05) is 24.6 Å². The number of piperazine rings is 1. The van der Waals surface area contributed by atoms with Crippen LogP contribution in [0.1, 0.15) is 32.3 Å². The molecule has 2 aliphatic heterocycles. The minimum absolute atomic E-state index is 0.00798. The predicted octanol–water partition coefficient (Wildman–Crippen LogP) is 0.958. The Morgan fingerprint density at radius 2 is 1.74 bits per heavy atom. The highest BCUT2D eigenvalue weighted by atomic mass is 16.7. The van der Waals surface area contributed by atoms with Crippen molar-refractivity contribution >= 4 is 11.6 Å². The quantitative estimate of drug-likeness (QED) is 0.634. The Morgan fingerprint density at radius 3 is 2.44 bits per heavy atom. The summed E-state index contributed by atoms with van der Waals surface area (Å²) in [5.74, 6) is 1.63. The standard InChI is InChI=1S/C21H26N2O4/c1-21(2)10-17(24)16(18(25)11-21)13-23-7-5-22(6-8-23)12-15-3-4-19-20(9-15)27-14-26-19/h3-4,9,13H,5-8,10-12,14H2,1-2H3/p+1. The van der Waals surface area contributed by atoms with E-state index in [1.54, 1.807) is 0 Å². The maximum Gasteiger partial charge on any atom is 0.231 e. The summed E-state index contributed by atoms with van der Waals surface area (Å²) in [6.07, 6.45) is 2.73. The summed E-state index contributed by atoms with van der Waals surface area (Å²) in [6.45, 7) is 8.87. The van der Waals surface area contributed by atoms with Crippen LogP contribution in [-0.2, 0) is 16.1 Å². The van der Waals surface area contributed by atoms with Gasteiger partial charge in [-0.3, -0.25) is 9.59 Å². The molecule has 0 atom stereocenters. The van der Waals surface area contributed by atoms with Crippen molar-refractivity contribution in [1.29, 1.82) is 0 Å². The lowest BCUT2D eigenvalue weighted by atomic mass is 9.74. The zero-order chi connectivity index (χ0) is 19.0. The van der Waals surface area contributed by atoms with Crippen LogP contribution in [0.15, 0.2) is 30.0 Å². The van der Waals surface area contributed by atoms with Gasteiger partial charge >= 0.3 is 0 Å². The number of quaternary nitrogens is 1. The van der Waals surface area contributed by atoms with Gasteiger partial charge in [-0.1, -0.05) is 13.8 Å². The Bertz CT molecular complexity index is 769. The second-order valence-electron chi connectivity index (χ2n) is 8.56. The van der Waals surface area contributed by atoms with Gasteiger partial charge in [0.1, 0.15) is 6.54 Å². The van der Waals surface area contributed by atoms with Gasteiger partial charge in [-0.2, -0.15) is 0 Å². The van der Waals surface area contributed by atoms with Gasteiger partial charge in [0.15, 0.2) is 23.1 Å². The first-order chi connectivity index (χ1) is 12.9. The lowest BCUT2D eigenvalue weighted by Crippen LogP contribution is -3.13. The highest BCUT2D eigenvalue weighted by molar-refractivity contribution is 6.22. The fourth-order valence-corrected chi connectivity index (χ4v) is 4.09. The van der Waals surface area contributed by atoms with Crippen LogP contribution in [0.25, 0.3) is 0 Å². The molecule has 144 valence electrons. The van der Waals surface area contributed by atoms with Crippen LogP contribution < -0.4 is 14.4 Å². The van der Waals surface area contributed by atoms with E-state index >= 15 is 0 Å². The average molecular weight is 371 g/mol. The monoisotopic (exact) mass is 371 g/mol. The summed E-state index contributed by atoms with van der Waals surface area (Å²) < 4.78 is 10.8. The van der Waals surface area contributed by atoms with E-state index < -0.39 is 0 Å². The van der Waals surface area contributed by atoms with Crippen LogP contribution in [-0.4, -0.2) is 49.4 Å². The van der Waals surface area contributed by atoms with Gasteiger partial charge in [0.2, 0.25) is 6.79 Å². The molecule has 1 aromatic carbocycles. The fourth-order valence-electron chi connectivity index (χ4n) is 4.09. The molecule has 1 aliphatic carbocycles. The summed E-state index contributed by atoms with van der Waals surface area (Å²) in [6, 6.07) is 6.13. The minimum Gasteiger partial charge on any atom is -0.454 e. The van der Waals surface area contributed by atoms with Crippen molar-refractivity contribution in [2.24, 2.45) is 5.41 Å². The molecule has 27 heavy (non-hydrogen) atoms. The Morgan fingerprint density at radius 1 is 1.07 bits per heavy atom. The average Bonchev–Trinajstić information content (AvgIpc) is 3.06. The van der Waals surface area contributed by atoms with E-state index in [0.717, 1.165) is 44.2 Å². The number of hydrogen-bond donors (Lipinski definition) is 1. The van der Waals surface area contributed by atoms with E-state index in [-0.39, 0.29) is 17.0 Å². The van der Waals surface area contributed by atoms with Gasteiger partial charge in [-0.05, 0) is 23.6 Å². The van der Waals surface area contributed by atoms with Crippen molar-refractivity contribution in [3.05, 3.63) is 35.5 Å². The van der Waals surface area contributed by atoms with Crippen molar-refractivity contribution in [2.75, 3.05) is 33.0 Å². The highest BCUT2D eigenvalue weighted by Gasteiger charge is 2.36. The van der Waals surface area contributed by atoms with E-state index in [1.165, 1.54) is 10.5 Å². The molecular weight excluding hydrogens is 344 g/mol. The predicted molar refractivity (Wildman–Crippen MR) is 99.7 cm³/mol. The normalized spacial score (nSPS) is 22.3. The molecule has 2 heterocycles. The molecule has 0 amide bonds. The Balaban J connectivity index is 1.34. The lowest BCUT2D eigenvalue weighted by Gasteiger charge is -2.33. The fraction of sp³-hybridized carbons (Fsp3) is 0.524. The summed E-state index contributed by atoms with van der Waals surface area (Å²) in [4.78, 5) is 28.3. The van der Waals surface area contributed by atoms with E-state index in [0.29, 0.717) is 25.2 Å². The van der Waals surface area contributed by atoms with Crippen molar-refractivity contribution in [2.45, 2.75) is 33.2 Å². The molecule has 1 saturated carbocycles. The number of ether oxygens (including phenoxy) is 2. The maximum absolute atomic E-state index is 12.3. The van der Waals surface area contributed by atoms with Crippen LogP contribution in [0.5, 0.6) is 11.5 Å². The molecule has 6 heteroatoms. The minimum atomic E-state index is -0.209. The molecule has 0 spiro atoms. The van der Waals surface area contributed by atoms with Crippen molar-refractivity contribution in [1.82, 2.24) is 4.90 Å². The maximum atomic E-state index is 12.3. The van der Waals surface area contributed by atoms with E-state index in [9.17, 15) is 9.59 Å². The molecule has 0 bridgehead atoms. The molecule has 3 aliphatic rings. The Kier molecular flexibility index (Phi) is 4.68. The molecule has 1 N–H and O–H groups in total. The summed E-state index contributed by atoms with van der Waals surface area (Å²) in [5, 5.41) is 0. The second kappa shape index (κ2) is 7.00. The number of carbonyl (C=O) groups is 2. The number of nitrogens with zero attached hydrogens (tertiary/aromatic N) is 1. The third-order valence-electron chi connectivity index (χ3n) is 5.59. The van der Waals surface area contributed by atoms with Crippen molar-refractivity contribution < 1.29 is 24.0 Å². The molecular formula is C21H27N2O4+. The summed E-state index contributed by atoms with van der Waals surface area (Å²) >= 11 is 0. The first-order valence-corrected chi connectivity index (χ1v) is 9.64. The molecule has 0 unspecified atom stereocenters. The molecule has 0 aromatic heterocycles. The van der Waals surface area contributed by atoms with Crippen molar-refractivity contribution in [3.63, 3.8) is 0 Å². The van der Waals surface area contributed by atoms with Crippen molar-refractivity contribution in [3.8, 4) is 11.5 Å². The summed E-state index contributed by atoms with van der Waals surface area (Å²) in [7, 11) is 0. The van der Waals surface area contributed by atoms with Crippen LogP contribution in [0.3, 0.4) is 0 Å². The molecule has 6 nitrogen and oxygen atoms in total. The Hall–Kier alpha value is -2.34. The Labute approximate surface area is 159 Å². The third kappa shape index (κ3) is 4.00. The van der Waals surface area contributed by atoms with Crippen LogP contribution >= 0.6 is 0 Å². The van der Waals surface area contributed by atoms with E-state index in [4.69, 9.17) is 9.47 Å². The van der Waals surface area contributed by atoms with E-state index in [1.807, 2.05) is 26.1 Å². The van der Waals surface area contributed by atoms with Crippen LogP contribution in [0.4, 0.5) is 0 Å². The number of fused-ring (bicyclic) bond motifs is 1. The number of benzene rings is 1. The topological polar surface area (TPSA) is 60.3 Å². The number of hydrogen-bond acceptors (Lipinski definition) is 5. The zero-order valence-electron chi connectivity index (χ0n) is 16.0.